The Balaban J connectivity index is 1.85. The van der Waals surface area contributed by atoms with Gasteiger partial charge in [0.05, 0.1) is 18.8 Å². The molecule has 0 atom stereocenters. The minimum Gasteiger partial charge on any atom is -0.379 e. The molecular weight excluding hydrogens is 250 g/mol. The average molecular weight is 281 g/mol. The van der Waals surface area contributed by atoms with Crippen molar-refractivity contribution < 1.29 is 9.53 Å². The molecule has 3 nitrogen and oxygen atoms in total. The van der Waals surface area contributed by atoms with E-state index in [1.54, 1.807) is 0 Å². The quantitative estimate of drug-likeness (QED) is 0.637. The van der Waals surface area contributed by atoms with Crippen molar-refractivity contribution in [2.24, 2.45) is 0 Å². The van der Waals surface area contributed by atoms with Crippen LogP contribution in [0.2, 0.25) is 0 Å². The van der Waals surface area contributed by atoms with Crippen molar-refractivity contribution in [3.05, 3.63) is 0 Å². The fraction of sp³-hybridized carbons (Fsp3) is 0.941. The number of ketones is 1. The number of unbranched alkanes of at least 4 members (excludes halogenated alkanes) is 4. The summed E-state index contributed by atoms with van der Waals surface area (Å²) in [5.41, 5.74) is -0.117. The van der Waals surface area contributed by atoms with Crippen LogP contribution in [0.25, 0.3) is 0 Å². The fourth-order valence-electron chi connectivity index (χ4n) is 3.84. The van der Waals surface area contributed by atoms with Gasteiger partial charge in [-0.15, -0.1) is 0 Å². The van der Waals surface area contributed by atoms with E-state index in [0.29, 0.717) is 5.78 Å². The molecule has 0 aromatic carbocycles. The van der Waals surface area contributed by atoms with Crippen LogP contribution in [0.1, 0.15) is 71.1 Å². The van der Waals surface area contributed by atoms with Gasteiger partial charge in [0, 0.05) is 19.5 Å². The van der Waals surface area contributed by atoms with Gasteiger partial charge in [-0.1, -0.05) is 45.4 Å². The predicted molar refractivity (Wildman–Crippen MR) is 82.0 cm³/mol. The predicted octanol–water partition coefficient (Wildman–Crippen LogP) is 3.56. The maximum absolute atomic E-state index is 12.8. The maximum atomic E-state index is 12.8. The standard InChI is InChI=1S/C17H31NO2/c1-2-3-4-5-6-9-16(19)17(10-7-8-11-17)18-12-14-20-15-13-18/h2-15H2,1H3. The highest BCUT2D eigenvalue weighted by Gasteiger charge is 2.45. The molecule has 0 bridgehead atoms. The molecule has 1 saturated carbocycles. The molecule has 1 aliphatic carbocycles. The number of nitrogens with zero attached hydrogens (tertiary/aromatic N) is 1. The average Bonchev–Trinajstić information content (AvgIpc) is 2.99. The highest BCUT2D eigenvalue weighted by atomic mass is 16.5. The first kappa shape index (κ1) is 16.0. The summed E-state index contributed by atoms with van der Waals surface area (Å²) < 4.78 is 5.46. The van der Waals surface area contributed by atoms with E-state index in [-0.39, 0.29) is 5.54 Å². The van der Waals surface area contributed by atoms with Gasteiger partial charge in [-0.3, -0.25) is 9.69 Å². The van der Waals surface area contributed by atoms with Crippen molar-refractivity contribution in [1.29, 1.82) is 0 Å². The van der Waals surface area contributed by atoms with E-state index in [9.17, 15) is 4.79 Å². The summed E-state index contributed by atoms with van der Waals surface area (Å²) >= 11 is 0. The largest absolute Gasteiger partial charge is 0.379 e. The second-order valence-electron chi connectivity index (χ2n) is 6.43. The van der Waals surface area contributed by atoms with Gasteiger partial charge in [0.15, 0.2) is 5.78 Å². The number of ether oxygens (including phenoxy) is 1. The Morgan fingerprint density at radius 1 is 1.05 bits per heavy atom. The van der Waals surface area contributed by atoms with Crippen LogP contribution in [0, 0.1) is 0 Å². The fourth-order valence-corrected chi connectivity index (χ4v) is 3.84. The van der Waals surface area contributed by atoms with E-state index in [1.807, 2.05) is 0 Å². The Morgan fingerprint density at radius 3 is 2.35 bits per heavy atom. The molecule has 20 heavy (non-hydrogen) atoms. The molecule has 0 unspecified atom stereocenters. The first-order valence-electron chi connectivity index (χ1n) is 8.66. The van der Waals surface area contributed by atoms with Crippen LogP contribution in [0.4, 0.5) is 0 Å². The van der Waals surface area contributed by atoms with E-state index in [4.69, 9.17) is 4.74 Å². The molecule has 0 N–H and O–H groups in total. The summed E-state index contributed by atoms with van der Waals surface area (Å²) in [4.78, 5) is 15.3. The summed E-state index contributed by atoms with van der Waals surface area (Å²) in [5.74, 6) is 0.522. The van der Waals surface area contributed by atoms with Gasteiger partial charge in [0.2, 0.25) is 0 Å². The molecular formula is C17H31NO2. The second-order valence-corrected chi connectivity index (χ2v) is 6.43. The summed E-state index contributed by atoms with van der Waals surface area (Å²) in [5, 5.41) is 0. The molecule has 2 aliphatic rings. The highest BCUT2D eigenvalue weighted by molar-refractivity contribution is 5.88. The highest BCUT2D eigenvalue weighted by Crippen LogP contribution is 2.37. The molecule has 0 aromatic rings. The number of hydrogen-bond donors (Lipinski definition) is 0. The van der Waals surface area contributed by atoms with Gasteiger partial charge in [0.1, 0.15) is 0 Å². The van der Waals surface area contributed by atoms with Gasteiger partial charge in [-0.25, -0.2) is 0 Å². The lowest BCUT2D eigenvalue weighted by molar-refractivity contribution is -0.134. The first-order valence-corrected chi connectivity index (χ1v) is 8.66. The van der Waals surface area contributed by atoms with Crippen molar-refractivity contribution in [3.8, 4) is 0 Å². The van der Waals surface area contributed by atoms with Gasteiger partial charge in [-0.05, 0) is 19.3 Å². The topological polar surface area (TPSA) is 29.5 Å². The van der Waals surface area contributed by atoms with Crippen LogP contribution in [0.5, 0.6) is 0 Å². The zero-order chi connectivity index (χ0) is 14.3. The monoisotopic (exact) mass is 281 g/mol. The van der Waals surface area contributed by atoms with Crippen LogP contribution in [0.15, 0.2) is 0 Å². The Hall–Kier alpha value is -0.410. The minimum atomic E-state index is -0.117. The zero-order valence-electron chi connectivity index (χ0n) is 13.2. The first-order chi connectivity index (χ1) is 9.79. The van der Waals surface area contributed by atoms with Gasteiger partial charge in [0.25, 0.3) is 0 Å². The van der Waals surface area contributed by atoms with Crippen LogP contribution < -0.4 is 0 Å². The number of morpholine rings is 1. The molecule has 0 aromatic heterocycles. The van der Waals surface area contributed by atoms with Crippen LogP contribution in [-0.4, -0.2) is 42.5 Å². The Morgan fingerprint density at radius 2 is 1.70 bits per heavy atom. The van der Waals surface area contributed by atoms with Crippen LogP contribution >= 0.6 is 0 Å². The lowest BCUT2D eigenvalue weighted by atomic mass is 9.86. The van der Waals surface area contributed by atoms with Crippen molar-refractivity contribution >= 4 is 5.78 Å². The number of hydrogen-bond acceptors (Lipinski definition) is 3. The van der Waals surface area contributed by atoms with Crippen LogP contribution in [0.3, 0.4) is 0 Å². The van der Waals surface area contributed by atoms with Gasteiger partial charge < -0.3 is 4.74 Å². The molecule has 1 heterocycles. The normalized spacial score (nSPS) is 23.1. The molecule has 0 amide bonds. The molecule has 2 fully saturated rings. The number of carbonyl (C=O) groups is 1. The summed E-state index contributed by atoms with van der Waals surface area (Å²) in [6.45, 7) is 5.72. The van der Waals surface area contributed by atoms with Crippen molar-refractivity contribution in [2.45, 2.75) is 76.7 Å². The smallest absolute Gasteiger partial charge is 0.153 e. The summed E-state index contributed by atoms with van der Waals surface area (Å²) in [6, 6.07) is 0. The lowest BCUT2D eigenvalue weighted by Gasteiger charge is -2.42. The molecule has 1 saturated heterocycles. The van der Waals surface area contributed by atoms with Crippen molar-refractivity contribution in [1.82, 2.24) is 4.90 Å². The molecule has 3 heteroatoms. The molecule has 2 rings (SSSR count). The second kappa shape index (κ2) is 8.14. The minimum absolute atomic E-state index is 0.117. The molecule has 1 aliphatic heterocycles. The summed E-state index contributed by atoms with van der Waals surface area (Å²) in [7, 11) is 0. The molecule has 0 spiro atoms. The Bertz CT molecular complexity index is 291. The van der Waals surface area contributed by atoms with Crippen molar-refractivity contribution in [2.75, 3.05) is 26.3 Å². The van der Waals surface area contributed by atoms with E-state index in [0.717, 1.165) is 52.0 Å². The number of carbonyl (C=O) groups excluding carboxylic acids is 1. The van der Waals surface area contributed by atoms with E-state index >= 15 is 0 Å². The molecule has 0 radical (unpaired) electrons. The third kappa shape index (κ3) is 3.82. The van der Waals surface area contributed by atoms with Crippen LogP contribution in [-0.2, 0) is 9.53 Å². The maximum Gasteiger partial charge on any atom is 0.153 e. The van der Waals surface area contributed by atoms with E-state index < -0.39 is 0 Å². The van der Waals surface area contributed by atoms with Gasteiger partial charge in [-0.2, -0.15) is 0 Å². The number of Topliss-reactive ketones (excluding diaryl/α,β-unsaturated/α-hetero) is 1. The summed E-state index contributed by atoms with van der Waals surface area (Å²) in [6.07, 6.45) is 11.6. The Labute approximate surface area is 124 Å². The van der Waals surface area contributed by atoms with Gasteiger partial charge >= 0.3 is 0 Å². The SMILES string of the molecule is CCCCCCCC(=O)C1(N2CCOCC2)CCCC1. The van der Waals surface area contributed by atoms with Crippen molar-refractivity contribution in [3.63, 3.8) is 0 Å². The third-order valence-electron chi connectivity index (χ3n) is 5.07. The van der Waals surface area contributed by atoms with E-state index in [1.165, 1.54) is 38.5 Å². The number of rotatable bonds is 8. The Kier molecular flexibility index (Phi) is 6.50. The zero-order valence-corrected chi connectivity index (χ0v) is 13.2. The lowest BCUT2D eigenvalue weighted by Crippen LogP contribution is -2.56. The molecule has 116 valence electrons. The third-order valence-corrected chi connectivity index (χ3v) is 5.07. The van der Waals surface area contributed by atoms with E-state index in [2.05, 4.69) is 11.8 Å².